The lowest BCUT2D eigenvalue weighted by Crippen LogP contribution is -2.57. The molecule has 0 aromatic heterocycles. The number of aliphatic carboxylic acids is 3. The first-order chi connectivity index (χ1) is 14.8. The topological polar surface area (TPSA) is 216 Å². The van der Waals surface area contributed by atoms with E-state index in [1.165, 1.54) is 0 Å². The Morgan fingerprint density at radius 1 is 0.969 bits per heavy atom. The lowest BCUT2D eigenvalue weighted by molar-refractivity contribution is -0.149. The summed E-state index contributed by atoms with van der Waals surface area (Å²) in [6.45, 7) is 3.77. The zero-order valence-corrected chi connectivity index (χ0v) is 17.9. The molecule has 180 valence electrons. The average Bonchev–Trinajstić information content (AvgIpc) is 3.14. The minimum absolute atomic E-state index is 0.0810. The minimum atomic E-state index is -1.69. The van der Waals surface area contributed by atoms with Crippen LogP contribution in [0.4, 0.5) is 0 Å². The van der Waals surface area contributed by atoms with Crippen LogP contribution in [0, 0.1) is 5.92 Å². The van der Waals surface area contributed by atoms with E-state index in [0.29, 0.717) is 12.8 Å². The second-order valence-electron chi connectivity index (χ2n) is 8.08. The van der Waals surface area contributed by atoms with E-state index in [1.807, 2.05) is 13.8 Å². The maximum absolute atomic E-state index is 13.0. The van der Waals surface area contributed by atoms with Gasteiger partial charge in [-0.1, -0.05) is 13.8 Å². The summed E-state index contributed by atoms with van der Waals surface area (Å²) in [5, 5.41) is 31.5. The molecule has 32 heavy (non-hydrogen) atoms. The van der Waals surface area contributed by atoms with Crippen molar-refractivity contribution in [2.45, 2.75) is 70.1 Å². The van der Waals surface area contributed by atoms with Crippen LogP contribution in [0.15, 0.2) is 0 Å². The summed E-state index contributed by atoms with van der Waals surface area (Å²) >= 11 is 0. The fourth-order valence-corrected chi connectivity index (χ4v) is 3.41. The molecule has 4 atom stereocenters. The molecule has 1 fully saturated rings. The molecule has 0 aromatic carbocycles. The molecule has 0 aliphatic carbocycles. The van der Waals surface area contributed by atoms with E-state index in [2.05, 4.69) is 10.6 Å². The average molecular weight is 458 g/mol. The molecule has 13 nitrogen and oxygen atoms in total. The second kappa shape index (κ2) is 12.0. The Morgan fingerprint density at radius 2 is 1.53 bits per heavy atom. The fourth-order valence-electron chi connectivity index (χ4n) is 3.41. The van der Waals surface area contributed by atoms with Crippen LogP contribution in [0.5, 0.6) is 0 Å². The van der Waals surface area contributed by atoms with Gasteiger partial charge in [-0.05, 0) is 25.2 Å². The Hall–Kier alpha value is -3.22. The Labute approximate surface area is 184 Å². The number of nitrogens with zero attached hydrogens (tertiary/aromatic N) is 1. The summed E-state index contributed by atoms with van der Waals surface area (Å²) in [4.78, 5) is 72.2. The quantitative estimate of drug-likeness (QED) is 0.196. The monoisotopic (exact) mass is 458 g/mol. The Morgan fingerprint density at radius 3 is 2.03 bits per heavy atom. The number of likely N-dealkylation sites (tertiary alicyclic amines) is 1. The number of nitrogens with one attached hydrogen (secondary N) is 2. The first-order valence-electron chi connectivity index (χ1n) is 10.2. The van der Waals surface area contributed by atoms with Gasteiger partial charge >= 0.3 is 17.9 Å². The number of nitrogens with two attached hydrogens (primary N) is 1. The van der Waals surface area contributed by atoms with E-state index in [-0.39, 0.29) is 18.9 Å². The second-order valence-corrected chi connectivity index (χ2v) is 8.08. The largest absolute Gasteiger partial charge is 0.481 e. The van der Waals surface area contributed by atoms with Crippen LogP contribution in [-0.2, 0) is 28.8 Å². The molecule has 7 N–H and O–H groups in total. The van der Waals surface area contributed by atoms with E-state index < -0.39 is 72.6 Å². The normalized spacial score (nSPS) is 18.5. The van der Waals surface area contributed by atoms with Crippen LogP contribution >= 0.6 is 0 Å². The fraction of sp³-hybridized carbons (Fsp3) is 0.684. The van der Waals surface area contributed by atoms with Crippen molar-refractivity contribution in [1.29, 1.82) is 0 Å². The molecule has 3 amide bonds. The van der Waals surface area contributed by atoms with Gasteiger partial charge in [-0.2, -0.15) is 0 Å². The first-order valence-corrected chi connectivity index (χ1v) is 10.2. The molecule has 0 spiro atoms. The summed E-state index contributed by atoms with van der Waals surface area (Å²) < 4.78 is 0. The molecular weight excluding hydrogens is 428 g/mol. The highest BCUT2D eigenvalue weighted by atomic mass is 16.4. The molecular formula is C19H30N4O9. The molecule has 4 unspecified atom stereocenters. The standard InChI is InChI=1S/C19H30N4O9/c1-9(2)6-10(20)16(28)21-11(7-14(24)25)18(30)23-5-3-4-13(23)17(29)22-12(19(31)32)8-15(26)27/h9-13H,3-8,20H2,1-2H3,(H,21,28)(H,22,29)(H,24,25)(H,26,27)(H,31,32). The number of hydrogen-bond donors (Lipinski definition) is 6. The summed E-state index contributed by atoms with van der Waals surface area (Å²) in [7, 11) is 0. The lowest BCUT2D eigenvalue weighted by Gasteiger charge is -2.29. The van der Waals surface area contributed by atoms with Crippen LogP contribution in [-0.4, -0.2) is 86.6 Å². The SMILES string of the molecule is CC(C)CC(N)C(=O)NC(CC(=O)O)C(=O)N1CCCC1C(=O)NC(CC(=O)O)C(=O)O. The van der Waals surface area contributed by atoms with Gasteiger partial charge in [-0.3, -0.25) is 24.0 Å². The zero-order chi connectivity index (χ0) is 24.6. The Balaban J connectivity index is 2.96. The van der Waals surface area contributed by atoms with Crippen molar-refractivity contribution in [1.82, 2.24) is 15.5 Å². The molecule has 1 rings (SSSR count). The highest BCUT2D eigenvalue weighted by molar-refractivity contribution is 5.96. The molecule has 13 heteroatoms. The van der Waals surface area contributed by atoms with Gasteiger partial charge in [-0.25, -0.2) is 4.79 Å². The van der Waals surface area contributed by atoms with Crippen LogP contribution in [0.2, 0.25) is 0 Å². The smallest absolute Gasteiger partial charge is 0.326 e. The Bertz CT molecular complexity index is 755. The summed E-state index contributed by atoms with van der Waals surface area (Å²) in [5.74, 6) is -6.64. The Kier molecular flexibility index (Phi) is 10.0. The number of rotatable bonds is 12. The molecule has 0 aromatic rings. The van der Waals surface area contributed by atoms with Crippen molar-refractivity contribution < 1.29 is 44.1 Å². The summed E-state index contributed by atoms with van der Waals surface area (Å²) in [5.41, 5.74) is 5.80. The molecule has 1 aliphatic rings. The van der Waals surface area contributed by atoms with Crippen molar-refractivity contribution in [2.24, 2.45) is 11.7 Å². The van der Waals surface area contributed by atoms with E-state index in [0.717, 1.165) is 4.90 Å². The van der Waals surface area contributed by atoms with E-state index in [9.17, 15) is 28.8 Å². The summed E-state index contributed by atoms with van der Waals surface area (Å²) in [6, 6.07) is -5.25. The zero-order valence-electron chi connectivity index (χ0n) is 17.9. The first kappa shape index (κ1) is 26.8. The van der Waals surface area contributed by atoms with Crippen LogP contribution in [0.3, 0.4) is 0 Å². The van der Waals surface area contributed by atoms with Gasteiger partial charge in [0.1, 0.15) is 18.1 Å². The maximum atomic E-state index is 13.0. The number of hydrogen-bond acceptors (Lipinski definition) is 7. The number of amides is 3. The van der Waals surface area contributed by atoms with E-state index in [1.54, 1.807) is 0 Å². The van der Waals surface area contributed by atoms with Crippen LogP contribution in [0.1, 0.15) is 46.0 Å². The highest BCUT2D eigenvalue weighted by Gasteiger charge is 2.40. The number of carbonyl (C=O) groups is 6. The number of carboxylic acid groups (broad SMARTS) is 3. The van der Waals surface area contributed by atoms with Crippen molar-refractivity contribution in [3.8, 4) is 0 Å². The van der Waals surface area contributed by atoms with Gasteiger partial charge in [0, 0.05) is 6.54 Å². The van der Waals surface area contributed by atoms with Gasteiger partial charge in [-0.15, -0.1) is 0 Å². The predicted octanol–water partition coefficient (Wildman–Crippen LogP) is -1.65. The van der Waals surface area contributed by atoms with Crippen LogP contribution in [0.25, 0.3) is 0 Å². The molecule has 1 heterocycles. The van der Waals surface area contributed by atoms with Crippen molar-refractivity contribution in [3.63, 3.8) is 0 Å². The highest BCUT2D eigenvalue weighted by Crippen LogP contribution is 2.20. The van der Waals surface area contributed by atoms with Crippen molar-refractivity contribution in [3.05, 3.63) is 0 Å². The lowest BCUT2D eigenvalue weighted by atomic mass is 10.0. The third-order valence-electron chi connectivity index (χ3n) is 4.89. The van der Waals surface area contributed by atoms with Crippen LogP contribution < -0.4 is 16.4 Å². The minimum Gasteiger partial charge on any atom is -0.481 e. The number of carboxylic acids is 3. The predicted molar refractivity (Wildman–Crippen MR) is 108 cm³/mol. The van der Waals surface area contributed by atoms with Gasteiger partial charge in [0.2, 0.25) is 17.7 Å². The number of carbonyl (C=O) groups excluding carboxylic acids is 3. The van der Waals surface area contributed by atoms with E-state index >= 15 is 0 Å². The third-order valence-corrected chi connectivity index (χ3v) is 4.89. The molecule has 1 aliphatic heterocycles. The van der Waals surface area contributed by atoms with Crippen molar-refractivity contribution >= 4 is 35.6 Å². The molecule has 0 radical (unpaired) electrons. The molecule has 0 bridgehead atoms. The third kappa shape index (κ3) is 8.13. The maximum Gasteiger partial charge on any atom is 0.326 e. The molecule has 1 saturated heterocycles. The van der Waals surface area contributed by atoms with Gasteiger partial charge in [0.15, 0.2) is 0 Å². The summed E-state index contributed by atoms with van der Waals surface area (Å²) in [6.07, 6.45) is -0.735. The van der Waals surface area contributed by atoms with Gasteiger partial charge in [0.05, 0.1) is 18.9 Å². The van der Waals surface area contributed by atoms with E-state index in [4.69, 9.17) is 21.1 Å². The molecule has 0 saturated carbocycles. The van der Waals surface area contributed by atoms with Gasteiger partial charge < -0.3 is 36.6 Å². The van der Waals surface area contributed by atoms with Crippen molar-refractivity contribution in [2.75, 3.05) is 6.54 Å². The van der Waals surface area contributed by atoms with Gasteiger partial charge in [0.25, 0.3) is 0 Å².